The maximum atomic E-state index is 11.5. The van der Waals surface area contributed by atoms with E-state index in [0.29, 0.717) is 13.0 Å². The summed E-state index contributed by atoms with van der Waals surface area (Å²) in [5, 5.41) is 2.72. The van der Waals surface area contributed by atoms with Gasteiger partial charge in [0.05, 0.1) is 0 Å². The van der Waals surface area contributed by atoms with Crippen LogP contribution in [-0.4, -0.2) is 36.3 Å². The van der Waals surface area contributed by atoms with Gasteiger partial charge < -0.3 is 10.2 Å². The van der Waals surface area contributed by atoms with Crippen molar-refractivity contribution in [1.82, 2.24) is 10.2 Å². The second kappa shape index (κ2) is 5.53. The van der Waals surface area contributed by atoms with Gasteiger partial charge in [0, 0.05) is 32.0 Å². The van der Waals surface area contributed by atoms with E-state index in [2.05, 4.69) is 18.8 Å². The fourth-order valence-corrected chi connectivity index (χ4v) is 1.79. The quantitative estimate of drug-likeness (QED) is 0.674. The van der Waals surface area contributed by atoms with Crippen LogP contribution >= 0.6 is 0 Å². The van der Waals surface area contributed by atoms with Gasteiger partial charge in [-0.2, -0.15) is 0 Å². The highest BCUT2D eigenvalue weighted by Gasteiger charge is 2.28. The van der Waals surface area contributed by atoms with Crippen LogP contribution in [0.1, 0.15) is 19.8 Å². The summed E-state index contributed by atoms with van der Waals surface area (Å²) in [5.41, 5.74) is 0. The molecule has 4 heteroatoms. The highest BCUT2D eigenvalue weighted by Crippen LogP contribution is 2.16. The molecular weight excluding hydrogens is 192 g/mol. The molecular formula is C11H18N2O2. The highest BCUT2D eigenvalue weighted by atomic mass is 16.2. The third kappa shape index (κ3) is 3.38. The Labute approximate surface area is 90.3 Å². The third-order valence-corrected chi connectivity index (χ3v) is 2.54. The molecule has 1 aliphatic rings. The SMILES string of the molecule is C=CC(=O)NCC1CC(=O)N(CCC)C1. The molecule has 4 nitrogen and oxygen atoms in total. The van der Waals surface area contributed by atoms with E-state index in [1.54, 1.807) is 0 Å². The Morgan fingerprint density at radius 2 is 2.47 bits per heavy atom. The zero-order chi connectivity index (χ0) is 11.3. The fourth-order valence-electron chi connectivity index (χ4n) is 1.79. The normalized spacial score (nSPS) is 20.5. The molecule has 0 spiro atoms. The van der Waals surface area contributed by atoms with Gasteiger partial charge in [-0.25, -0.2) is 0 Å². The lowest BCUT2D eigenvalue weighted by Crippen LogP contribution is -2.30. The van der Waals surface area contributed by atoms with E-state index >= 15 is 0 Å². The lowest BCUT2D eigenvalue weighted by atomic mass is 10.1. The number of rotatable bonds is 5. The Morgan fingerprint density at radius 1 is 1.73 bits per heavy atom. The Kier molecular flexibility index (Phi) is 4.34. The van der Waals surface area contributed by atoms with Crippen LogP contribution in [-0.2, 0) is 9.59 Å². The molecule has 1 saturated heterocycles. The summed E-state index contributed by atoms with van der Waals surface area (Å²) < 4.78 is 0. The summed E-state index contributed by atoms with van der Waals surface area (Å²) in [6, 6.07) is 0. The number of nitrogens with zero attached hydrogens (tertiary/aromatic N) is 1. The van der Waals surface area contributed by atoms with Gasteiger partial charge in [0.2, 0.25) is 11.8 Å². The Morgan fingerprint density at radius 3 is 3.07 bits per heavy atom. The van der Waals surface area contributed by atoms with Crippen LogP contribution in [0.25, 0.3) is 0 Å². The molecule has 1 atom stereocenters. The summed E-state index contributed by atoms with van der Waals surface area (Å²) in [7, 11) is 0. The van der Waals surface area contributed by atoms with Crippen molar-refractivity contribution in [3.8, 4) is 0 Å². The maximum absolute atomic E-state index is 11.5. The zero-order valence-corrected chi connectivity index (χ0v) is 9.16. The van der Waals surface area contributed by atoms with E-state index in [1.807, 2.05) is 4.90 Å². The number of likely N-dealkylation sites (tertiary alicyclic amines) is 1. The van der Waals surface area contributed by atoms with Gasteiger partial charge in [-0.15, -0.1) is 0 Å². The minimum atomic E-state index is -0.170. The molecule has 0 aromatic rings. The first-order chi connectivity index (χ1) is 7.17. The minimum absolute atomic E-state index is 0.170. The number of hydrogen-bond donors (Lipinski definition) is 1. The van der Waals surface area contributed by atoms with Crippen LogP contribution in [0.5, 0.6) is 0 Å². The predicted molar refractivity (Wildman–Crippen MR) is 58.2 cm³/mol. The summed E-state index contributed by atoms with van der Waals surface area (Å²) >= 11 is 0. The molecule has 0 radical (unpaired) electrons. The van der Waals surface area contributed by atoms with Crippen LogP contribution in [0.3, 0.4) is 0 Å². The van der Waals surface area contributed by atoms with Crippen LogP contribution in [0.4, 0.5) is 0 Å². The monoisotopic (exact) mass is 210 g/mol. The molecule has 0 aromatic carbocycles. The van der Waals surface area contributed by atoms with Crippen molar-refractivity contribution in [2.24, 2.45) is 5.92 Å². The molecule has 1 rings (SSSR count). The lowest BCUT2D eigenvalue weighted by Gasteiger charge is -2.15. The van der Waals surface area contributed by atoms with Crippen molar-refractivity contribution in [2.45, 2.75) is 19.8 Å². The van der Waals surface area contributed by atoms with E-state index in [0.717, 1.165) is 19.5 Å². The van der Waals surface area contributed by atoms with E-state index < -0.39 is 0 Å². The summed E-state index contributed by atoms with van der Waals surface area (Å²) in [6.07, 6.45) is 2.79. The van der Waals surface area contributed by atoms with Crippen molar-refractivity contribution in [1.29, 1.82) is 0 Å². The zero-order valence-electron chi connectivity index (χ0n) is 9.16. The average molecular weight is 210 g/mol. The van der Waals surface area contributed by atoms with Gasteiger partial charge in [0.25, 0.3) is 0 Å². The van der Waals surface area contributed by atoms with Crippen molar-refractivity contribution in [2.75, 3.05) is 19.6 Å². The number of hydrogen-bond acceptors (Lipinski definition) is 2. The third-order valence-electron chi connectivity index (χ3n) is 2.54. The molecule has 15 heavy (non-hydrogen) atoms. The van der Waals surface area contributed by atoms with E-state index in [1.165, 1.54) is 6.08 Å². The molecule has 84 valence electrons. The standard InChI is InChI=1S/C11H18N2O2/c1-3-5-13-8-9(6-11(13)15)7-12-10(14)4-2/h4,9H,2-3,5-8H2,1H3,(H,12,14). The van der Waals surface area contributed by atoms with Gasteiger partial charge in [0.1, 0.15) is 0 Å². The average Bonchev–Trinajstić information content (AvgIpc) is 2.57. The van der Waals surface area contributed by atoms with E-state index in [4.69, 9.17) is 0 Å². The molecule has 0 bridgehead atoms. The molecule has 1 unspecified atom stereocenters. The van der Waals surface area contributed by atoms with Crippen LogP contribution in [0, 0.1) is 5.92 Å². The Balaban J connectivity index is 2.31. The van der Waals surface area contributed by atoms with Crippen LogP contribution in [0.15, 0.2) is 12.7 Å². The molecule has 1 N–H and O–H groups in total. The fraction of sp³-hybridized carbons (Fsp3) is 0.636. The second-order valence-electron chi connectivity index (χ2n) is 3.86. The lowest BCUT2D eigenvalue weighted by molar-refractivity contribution is -0.127. The predicted octanol–water partition coefficient (Wildman–Crippen LogP) is 0.547. The smallest absolute Gasteiger partial charge is 0.243 e. The van der Waals surface area contributed by atoms with Gasteiger partial charge in [0.15, 0.2) is 0 Å². The first-order valence-electron chi connectivity index (χ1n) is 5.35. The maximum Gasteiger partial charge on any atom is 0.243 e. The van der Waals surface area contributed by atoms with Gasteiger partial charge in [-0.05, 0) is 12.5 Å². The second-order valence-corrected chi connectivity index (χ2v) is 3.86. The van der Waals surface area contributed by atoms with Crippen molar-refractivity contribution in [3.63, 3.8) is 0 Å². The molecule has 0 aromatic heterocycles. The summed E-state index contributed by atoms with van der Waals surface area (Å²) in [6.45, 7) is 7.59. The Hall–Kier alpha value is -1.32. The van der Waals surface area contributed by atoms with E-state index in [-0.39, 0.29) is 17.7 Å². The van der Waals surface area contributed by atoms with Crippen molar-refractivity contribution in [3.05, 3.63) is 12.7 Å². The number of amides is 2. The molecule has 2 amide bonds. The van der Waals surface area contributed by atoms with E-state index in [9.17, 15) is 9.59 Å². The minimum Gasteiger partial charge on any atom is -0.352 e. The molecule has 1 fully saturated rings. The van der Waals surface area contributed by atoms with Gasteiger partial charge in [-0.1, -0.05) is 13.5 Å². The van der Waals surface area contributed by atoms with Crippen molar-refractivity contribution >= 4 is 11.8 Å². The number of carbonyl (C=O) groups excluding carboxylic acids is 2. The Bertz CT molecular complexity index is 263. The summed E-state index contributed by atoms with van der Waals surface area (Å²) in [4.78, 5) is 24.3. The first-order valence-corrected chi connectivity index (χ1v) is 5.35. The molecule has 0 saturated carbocycles. The summed E-state index contributed by atoms with van der Waals surface area (Å²) in [5.74, 6) is 0.291. The molecule has 1 aliphatic heterocycles. The van der Waals surface area contributed by atoms with Gasteiger partial charge in [-0.3, -0.25) is 9.59 Å². The van der Waals surface area contributed by atoms with Crippen LogP contribution in [0.2, 0.25) is 0 Å². The number of nitrogens with one attached hydrogen (secondary N) is 1. The first kappa shape index (κ1) is 11.8. The molecule has 0 aliphatic carbocycles. The van der Waals surface area contributed by atoms with Crippen molar-refractivity contribution < 1.29 is 9.59 Å². The molecule has 1 heterocycles. The largest absolute Gasteiger partial charge is 0.352 e. The topological polar surface area (TPSA) is 49.4 Å². The van der Waals surface area contributed by atoms with Crippen LogP contribution < -0.4 is 5.32 Å². The highest BCUT2D eigenvalue weighted by molar-refractivity contribution is 5.87. The van der Waals surface area contributed by atoms with Gasteiger partial charge >= 0.3 is 0 Å². The number of carbonyl (C=O) groups is 2.